The molecule has 1 aromatic carbocycles. The highest BCUT2D eigenvalue weighted by molar-refractivity contribution is 7.99. The van der Waals surface area contributed by atoms with Gasteiger partial charge in [-0.1, -0.05) is 11.8 Å². The number of halogens is 1. The van der Waals surface area contributed by atoms with Crippen LogP contribution in [0.5, 0.6) is 0 Å². The lowest BCUT2D eigenvalue weighted by atomic mass is 10.4. The minimum Gasteiger partial charge on any atom is -0.358 e. The smallest absolute Gasteiger partial charge is 0.358 e. The van der Waals surface area contributed by atoms with Gasteiger partial charge in [-0.2, -0.15) is 0 Å². The third kappa shape index (κ3) is 2.79. The molecule has 0 aliphatic rings. The summed E-state index contributed by atoms with van der Waals surface area (Å²) in [5.74, 6) is -0.531. The molecule has 0 aliphatic heterocycles. The van der Waals surface area contributed by atoms with Crippen LogP contribution >= 0.6 is 11.8 Å². The molecular formula is C11H7FN2O2S. The summed E-state index contributed by atoms with van der Waals surface area (Å²) in [6.07, 6.45) is 1.37. The van der Waals surface area contributed by atoms with Gasteiger partial charge in [0.15, 0.2) is 0 Å². The molecule has 86 valence electrons. The van der Waals surface area contributed by atoms with Crippen molar-refractivity contribution >= 4 is 17.6 Å². The van der Waals surface area contributed by atoms with Gasteiger partial charge in [-0.15, -0.1) is 0 Å². The normalized spacial score (nSPS) is 10.2. The molecule has 1 aromatic heterocycles. The second-order valence-corrected chi connectivity index (χ2v) is 4.25. The maximum Gasteiger partial charge on any atom is 0.377 e. The summed E-state index contributed by atoms with van der Waals surface area (Å²) in [6.45, 7) is 0. The monoisotopic (exact) mass is 250 g/mol. The van der Waals surface area contributed by atoms with E-state index in [9.17, 15) is 14.5 Å². The van der Waals surface area contributed by atoms with Crippen molar-refractivity contribution in [2.45, 2.75) is 9.79 Å². The highest BCUT2D eigenvalue weighted by Crippen LogP contribution is 2.32. The van der Waals surface area contributed by atoms with Gasteiger partial charge in [0.25, 0.3) is 0 Å². The van der Waals surface area contributed by atoms with Crippen molar-refractivity contribution in [2.75, 3.05) is 0 Å². The quantitative estimate of drug-likeness (QED) is 0.619. The van der Waals surface area contributed by atoms with Crippen LogP contribution in [0.2, 0.25) is 0 Å². The second kappa shape index (κ2) is 4.92. The van der Waals surface area contributed by atoms with Gasteiger partial charge in [0.2, 0.25) is 0 Å². The molecule has 0 saturated heterocycles. The highest BCUT2D eigenvalue weighted by Gasteiger charge is 2.14. The third-order valence-electron chi connectivity index (χ3n) is 1.97. The molecule has 17 heavy (non-hydrogen) atoms. The van der Waals surface area contributed by atoms with E-state index in [1.54, 1.807) is 24.3 Å². The molecule has 0 amide bonds. The van der Waals surface area contributed by atoms with Gasteiger partial charge in [-0.3, -0.25) is 0 Å². The molecular weight excluding hydrogens is 243 g/mol. The Morgan fingerprint density at radius 3 is 2.59 bits per heavy atom. The Hall–Kier alpha value is -1.95. The Bertz CT molecular complexity index is 545. The SMILES string of the molecule is O=[N+]([O-])c1ncccc1Sc1ccc(F)cc1. The van der Waals surface area contributed by atoms with Crippen LogP contribution < -0.4 is 0 Å². The van der Waals surface area contributed by atoms with Crippen LogP contribution in [-0.4, -0.2) is 9.91 Å². The number of hydrogen-bond acceptors (Lipinski definition) is 4. The summed E-state index contributed by atoms with van der Waals surface area (Å²) in [4.78, 5) is 15.1. The Morgan fingerprint density at radius 2 is 1.94 bits per heavy atom. The fourth-order valence-electron chi connectivity index (χ4n) is 1.23. The van der Waals surface area contributed by atoms with Crippen LogP contribution in [0.1, 0.15) is 0 Å². The van der Waals surface area contributed by atoms with E-state index >= 15 is 0 Å². The molecule has 0 unspecified atom stereocenters. The lowest BCUT2D eigenvalue weighted by Crippen LogP contribution is -1.93. The van der Waals surface area contributed by atoms with Crippen LogP contribution in [-0.2, 0) is 0 Å². The average molecular weight is 250 g/mol. The number of nitro groups is 1. The molecule has 0 aliphatic carbocycles. The van der Waals surface area contributed by atoms with E-state index in [-0.39, 0.29) is 11.6 Å². The van der Waals surface area contributed by atoms with Crippen LogP contribution in [0.4, 0.5) is 10.2 Å². The van der Waals surface area contributed by atoms with Crippen LogP contribution in [0.25, 0.3) is 0 Å². The minimum absolute atomic E-state index is 0.193. The first-order chi connectivity index (χ1) is 8.16. The van der Waals surface area contributed by atoms with Crippen molar-refractivity contribution in [2.24, 2.45) is 0 Å². The van der Waals surface area contributed by atoms with E-state index < -0.39 is 4.92 Å². The van der Waals surface area contributed by atoms with E-state index in [4.69, 9.17) is 0 Å². The van der Waals surface area contributed by atoms with E-state index in [1.807, 2.05) is 0 Å². The molecule has 4 nitrogen and oxygen atoms in total. The average Bonchev–Trinajstić information content (AvgIpc) is 2.32. The largest absolute Gasteiger partial charge is 0.377 e. The zero-order chi connectivity index (χ0) is 12.3. The first-order valence-corrected chi connectivity index (χ1v) is 5.51. The molecule has 6 heteroatoms. The Balaban J connectivity index is 2.30. The van der Waals surface area contributed by atoms with Gasteiger partial charge < -0.3 is 10.1 Å². The van der Waals surface area contributed by atoms with Crippen LogP contribution in [0.3, 0.4) is 0 Å². The maximum atomic E-state index is 12.7. The highest BCUT2D eigenvalue weighted by atomic mass is 32.2. The van der Waals surface area contributed by atoms with Crippen molar-refractivity contribution in [1.82, 2.24) is 4.98 Å². The maximum absolute atomic E-state index is 12.7. The zero-order valence-electron chi connectivity index (χ0n) is 8.54. The molecule has 0 N–H and O–H groups in total. The fraction of sp³-hybridized carbons (Fsp3) is 0. The summed E-state index contributed by atoms with van der Waals surface area (Å²) in [7, 11) is 0. The predicted octanol–water partition coefficient (Wildman–Crippen LogP) is 3.28. The van der Waals surface area contributed by atoms with Crippen LogP contribution in [0, 0.1) is 15.9 Å². The topological polar surface area (TPSA) is 56.0 Å². The van der Waals surface area contributed by atoms with Gasteiger partial charge >= 0.3 is 5.82 Å². The fourth-order valence-corrected chi connectivity index (χ4v) is 2.12. The number of aromatic nitrogens is 1. The number of benzene rings is 1. The van der Waals surface area contributed by atoms with Crippen LogP contribution in [0.15, 0.2) is 52.4 Å². The van der Waals surface area contributed by atoms with Crippen molar-refractivity contribution in [3.63, 3.8) is 0 Å². The van der Waals surface area contributed by atoms with Gasteiger partial charge in [0.05, 0.1) is 0 Å². The molecule has 0 spiro atoms. The lowest BCUT2D eigenvalue weighted by molar-refractivity contribution is -0.392. The van der Waals surface area contributed by atoms with Crippen molar-refractivity contribution in [3.05, 3.63) is 58.5 Å². The number of hydrogen-bond donors (Lipinski definition) is 0. The molecule has 1 heterocycles. The summed E-state index contributed by atoms with van der Waals surface area (Å²) in [5.41, 5.74) is 0. The molecule has 0 saturated carbocycles. The number of pyridine rings is 1. The molecule has 0 atom stereocenters. The van der Waals surface area contributed by atoms with E-state index in [0.717, 1.165) is 4.90 Å². The molecule has 0 bridgehead atoms. The zero-order valence-corrected chi connectivity index (χ0v) is 9.36. The standard InChI is InChI=1S/C11H7FN2O2S/c12-8-3-5-9(6-4-8)17-10-2-1-7-13-11(10)14(15)16/h1-7H. The molecule has 0 fully saturated rings. The third-order valence-corrected chi connectivity index (χ3v) is 3.01. The first kappa shape index (κ1) is 11.5. The van der Waals surface area contributed by atoms with Gasteiger partial charge in [-0.25, -0.2) is 4.39 Å². The lowest BCUT2D eigenvalue weighted by Gasteiger charge is -2.01. The van der Waals surface area contributed by atoms with Crippen molar-refractivity contribution < 1.29 is 9.31 Å². The van der Waals surface area contributed by atoms with Gasteiger partial charge in [0, 0.05) is 4.90 Å². The minimum atomic E-state index is -0.536. The Kier molecular flexibility index (Phi) is 3.34. The summed E-state index contributed by atoms with van der Waals surface area (Å²) in [5, 5.41) is 10.7. The van der Waals surface area contributed by atoms with Crippen molar-refractivity contribution in [1.29, 1.82) is 0 Å². The Labute approximate surface area is 101 Å². The predicted molar refractivity (Wildman–Crippen MR) is 61.4 cm³/mol. The van der Waals surface area contributed by atoms with Crippen molar-refractivity contribution in [3.8, 4) is 0 Å². The Morgan fingerprint density at radius 1 is 1.24 bits per heavy atom. The molecule has 2 aromatic rings. The number of nitrogens with zero attached hydrogens (tertiary/aromatic N) is 2. The second-order valence-electron chi connectivity index (χ2n) is 3.14. The van der Waals surface area contributed by atoms with E-state index in [2.05, 4.69) is 4.98 Å². The summed E-state index contributed by atoms with van der Waals surface area (Å²) >= 11 is 1.18. The first-order valence-electron chi connectivity index (χ1n) is 4.69. The van der Waals surface area contributed by atoms with Gasteiger partial charge in [-0.05, 0) is 46.3 Å². The molecule has 0 radical (unpaired) electrons. The van der Waals surface area contributed by atoms with E-state index in [1.165, 1.54) is 30.1 Å². The van der Waals surface area contributed by atoms with E-state index in [0.29, 0.717) is 4.90 Å². The van der Waals surface area contributed by atoms with Gasteiger partial charge in [0.1, 0.15) is 16.9 Å². The molecule has 2 rings (SSSR count). The number of rotatable bonds is 3. The summed E-state index contributed by atoms with van der Waals surface area (Å²) in [6, 6.07) is 8.99. The summed E-state index contributed by atoms with van der Waals surface area (Å²) < 4.78 is 12.7.